The molecule has 2 nitrogen and oxygen atoms in total. The van der Waals surface area contributed by atoms with Crippen LogP contribution in [0.25, 0.3) is 5.57 Å². The van der Waals surface area contributed by atoms with Crippen molar-refractivity contribution in [1.29, 1.82) is 0 Å². The van der Waals surface area contributed by atoms with Gasteiger partial charge >= 0.3 is 0 Å². The highest BCUT2D eigenvalue weighted by molar-refractivity contribution is 5.91. The van der Waals surface area contributed by atoms with E-state index < -0.39 is 5.60 Å². The Kier molecular flexibility index (Phi) is 5.82. The number of fused-ring (bicyclic) bond motifs is 3. The van der Waals surface area contributed by atoms with Crippen LogP contribution in [0.5, 0.6) is 0 Å². The Hall–Kier alpha value is -2.19. The summed E-state index contributed by atoms with van der Waals surface area (Å²) >= 11 is 0. The van der Waals surface area contributed by atoms with E-state index in [1.807, 2.05) is 0 Å². The average molecular weight is 509 g/mol. The third kappa shape index (κ3) is 3.38. The van der Waals surface area contributed by atoms with E-state index in [0.29, 0.717) is 41.5 Å². The molecule has 5 unspecified atom stereocenters. The van der Waals surface area contributed by atoms with Crippen LogP contribution in [0.15, 0.2) is 66.7 Å². The van der Waals surface area contributed by atoms with Crippen LogP contribution in [-0.2, 0) is 9.53 Å². The zero-order valence-corrected chi connectivity index (χ0v) is 23.5. The molecular weight excluding hydrogens is 464 g/mol. The normalized spacial score (nSPS) is 41.8. The van der Waals surface area contributed by atoms with Gasteiger partial charge in [-0.15, -0.1) is 0 Å². The van der Waals surface area contributed by atoms with Crippen LogP contribution in [0.3, 0.4) is 0 Å². The van der Waals surface area contributed by atoms with Gasteiger partial charge in [-0.05, 0) is 103 Å². The van der Waals surface area contributed by atoms with Gasteiger partial charge in [-0.25, -0.2) is 0 Å². The highest BCUT2D eigenvalue weighted by Gasteiger charge is 2.74. The molecule has 2 heteroatoms. The first-order chi connectivity index (χ1) is 18.4. The summed E-state index contributed by atoms with van der Waals surface area (Å²) in [6.07, 6.45) is 13.2. The zero-order chi connectivity index (χ0) is 26.1. The first kappa shape index (κ1) is 24.8. The molecule has 0 N–H and O–H groups in total. The second-order valence-electron chi connectivity index (χ2n) is 14.0. The van der Waals surface area contributed by atoms with Gasteiger partial charge < -0.3 is 4.74 Å². The van der Waals surface area contributed by atoms with E-state index in [9.17, 15) is 4.79 Å². The van der Waals surface area contributed by atoms with Crippen LogP contribution < -0.4 is 0 Å². The molecule has 2 aliphatic heterocycles. The Bertz CT molecular complexity index is 1190. The first-order valence-electron chi connectivity index (χ1n) is 15.4. The van der Waals surface area contributed by atoms with E-state index in [2.05, 4.69) is 87.5 Å². The SMILES string of the molecule is CC(CC=C(c1ccccc1)c1ccccc1)C1CCC2C3CCC4C[C@@H]5CC[C@]4(C)[C@@]3(O5)C(=O)C[C@]12C. The Balaban J connectivity index is 1.17. The molecular formula is C36H44O2. The van der Waals surface area contributed by atoms with Crippen LogP contribution in [-0.4, -0.2) is 17.5 Å². The number of hydrogen-bond donors (Lipinski definition) is 0. The number of carbonyl (C=O) groups excluding carboxylic acids is 1. The number of ketones is 1. The maximum atomic E-state index is 14.4. The van der Waals surface area contributed by atoms with Crippen LogP contribution in [0, 0.1) is 40.4 Å². The summed E-state index contributed by atoms with van der Waals surface area (Å²) in [6.45, 7) is 7.38. The van der Waals surface area contributed by atoms with Crippen molar-refractivity contribution in [3.8, 4) is 0 Å². The lowest BCUT2D eigenvalue weighted by Gasteiger charge is -2.70. The molecule has 4 saturated carbocycles. The minimum absolute atomic E-state index is 0.0653. The first-order valence-corrected chi connectivity index (χ1v) is 15.4. The van der Waals surface area contributed by atoms with E-state index in [1.165, 1.54) is 55.2 Å². The standard InChI is InChI=1S/C36H44O2/c1-24(14-16-29(25-10-6-4-7-11-25)26-12-8-5-9-13-26)30-18-19-31-32-17-15-27-22-28-20-21-35(27,3)36(32,38-28)33(37)23-34(30,31)2/h4-13,16,24,27-28,30-32H,14-15,17-23H2,1-3H3/t24?,27?,28-,30?,31?,32?,34+,35-,36-/m0/s1. The van der Waals surface area contributed by atoms with E-state index in [1.54, 1.807) is 0 Å². The largest absolute Gasteiger partial charge is 0.363 e. The number of benzene rings is 2. The Morgan fingerprint density at radius 2 is 1.58 bits per heavy atom. The summed E-state index contributed by atoms with van der Waals surface area (Å²) in [5.41, 5.74) is 3.58. The number of carbonyl (C=O) groups is 1. The van der Waals surface area contributed by atoms with E-state index in [0.717, 1.165) is 19.3 Å². The molecule has 4 aliphatic carbocycles. The Labute approximate surface area is 229 Å². The molecule has 200 valence electrons. The van der Waals surface area contributed by atoms with E-state index in [-0.39, 0.29) is 10.8 Å². The fraction of sp³-hybridized carbons (Fsp3) is 0.583. The van der Waals surface area contributed by atoms with Gasteiger partial charge in [-0.1, -0.05) is 87.5 Å². The van der Waals surface area contributed by atoms with E-state index in [4.69, 9.17) is 4.74 Å². The lowest BCUT2D eigenvalue weighted by molar-refractivity contribution is -0.307. The molecule has 38 heavy (non-hydrogen) atoms. The van der Waals surface area contributed by atoms with Crippen molar-refractivity contribution in [2.75, 3.05) is 0 Å². The molecule has 4 bridgehead atoms. The monoisotopic (exact) mass is 508 g/mol. The fourth-order valence-electron chi connectivity index (χ4n) is 10.7. The molecule has 6 aliphatic rings. The summed E-state index contributed by atoms with van der Waals surface area (Å²) in [5.74, 6) is 3.34. The fourth-order valence-corrected chi connectivity index (χ4v) is 10.7. The predicted octanol–water partition coefficient (Wildman–Crippen LogP) is 8.50. The zero-order valence-electron chi connectivity index (χ0n) is 23.5. The van der Waals surface area contributed by atoms with E-state index >= 15 is 0 Å². The summed E-state index contributed by atoms with van der Waals surface area (Å²) in [5, 5.41) is 0. The third-order valence-electron chi connectivity index (χ3n) is 12.5. The van der Waals surface area contributed by atoms with Gasteiger partial charge in [-0.3, -0.25) is 4.79 Å². The van der Waals surface area contributed by atoms with Crippen molar-refractivity contribution in [2.24, 2.45) is 40.4 Å². The topological polar surface area (TPSA) is 26.3 Å². The molecule has 2 saturated heterocycles. The van der Waals surface area contributed by atoms with Gasteiger partial charge in [0.05, 0.1) is 6.10 Å². The van der Waals surface area contributed by atoms with Crippen LogP contribution in [0.1, 0.15) is 89.7 Å². The Morgan fingerprint density at radius 3 is 2.26 bits per heavy atom. The van der Waals surface area contributed by atoms with Gasteiger partial charge in [0.25, 0.3) is 0 Å². The highest BCUT2D eigenvalue weighted by atomic mass is 16.5. The summed E-state index contributed by atoms with van der Waals surface area (Å²) in [4.78, 5) is 14.4. The maximum absolute atomic E-state index is 14.4. The average Bonchev–Trinajstić information content (AvgIpc) is 3.26. The van der Waals surface area contributed by atoms with Crippen molar-refractivity contribution in [3.63, 3.8) is 0 Å². The molecule has 9 atom stereocenters. The summed E-state index contributed by atoms with van der Waals surface area (Å²) < 4.78 is 6.93. The molecule has 0 aromatic heterocycles. The number of Topliss-reactive ketones (excluding diaryl/α,β-unsaturated/α-hetero) is 1. The molecule has 6 fully saturated rings. The van der Waals surface area contributed by atoms with Gasteiger partial charge in [0.2, 0.25) is 0 Å². The molecule has 2 heterocycles. The van der Waals surface area contributed by atoms with Crippen LogP contribution in [0.2, 0.25) is 0 Å². The van der Waals surface area contributed by atoms with Crippen LogP contribution >= 0.6 is 0 Å². The van der Waals surface area contributed by atoms with Crippen molar-refractivity contribution in [2.45, 2.75) is 90.3 Å². The minimum Gasteiger partial charge on any atom is -0.363 e. The third-order valence-corrected chi connectivity index (χ3v) is 12.5. The summed E-state index contributed by atoms with van der Waals surface area (Å²) in [6, 6.07) is 21.6. The van der Waals surface area contributed by atoms with Crippen LogP contribution in [0.4, 0.5) is 0 Å². The van der Waals surface area contributed by atoms with Crippen molar-refractivity contribution >= 4 is 11.4 Å². The number of hydrogen-bond acceptors (Lipinski definition) is 2. The minimum atomic E-state index is -0.479. The molecule has 2 aromatic carbocycles. The second kappa shape index (κ2) is 8.91. The second-order valence-corrected chi connectivity index (χ2v) is 14.0. The lowest BCUT2D eigenvalue weighted by Crippen LogP contribution is -2.75. The quantitative estimate of drug-likeness (QED) is 0.405. The highest BCUT2D eigenvalue weighted by Crippen LogP contribution is 2.72. The maximum Gasteiger partial charge on any atom is 0.166 e. The molecule has 0 radical (unpaired) electrons. The number of allylic oxidation sites excluding steroid dienone is 1. The van der Waals surface area contributed by atoms with Crippen molar-refractivity contribution in [1.82, 2.24) is 0 Å². The number of rotatable bonds is 5. The summed E-state index contributed by atoms with van der Waals surface area (Å²) in [7, 11) is 0. The molecule has 1 spiro atoms. The smallest absolute Gasteiger partial charge is 0.166 e. The van der Waals surface area contributed by atoms with Gasteiger partial charge in [-0.2, -0.15) is 0 Å². The Morgan fingerprint density at radius 1 is 0.921 bits per heavy atom. The number of ether oxygens (including phenoxy) is 1. The van der Waals surface area contributed by atoms with Gasteiger partial charge in [0.1, 0.15) is 5.60 Å². The van der Waals surface area contributed by atoms with Crippen molar-refractivity contribution in [3.05, 3.63) is 77.9 Å². The predicted molar refractivity (Wildman–Crippen MR) is 153 cm³/mol. The van der Waals surface area contributed by atoms with Gasteiger partial charge in [0.15, 0.2) is 5.78 Å². The molecule has 8 rings (SSSR count). The molecule has 2 aromatic rings. The lowest BCUT2D eigenvalue weighted by atomic mass is 9.40. The van der Waals surface area contributed by atoms with Crippen molar-refractivity contribution < 1.29 is 9.53 Å². The van der Waals surface area contributed by atoms with Gasteiger partial charge in [0, 0.05) is 11.8 Å². The molecule has 0 amide bonds.